The normalized spacial score (nSPS) is 21.2. The smallest absolute Gasteiger partial charge is 0.216 e. The standard InChI is InChI=1S/C12H26N2O4S/c1-11(8-17-2)19(15,16)14-9-12(10-18-3)4-6-13-7-5-12/h11,13-14H,4-10H2,1-3H3. The van der Waals surface area contributed by atoms with Crippen molar-refractivity contribution in [1.29, 1.82) is 0 Å². The Hall–Kier alpha value is -0.210. The van der Waals surface area contributed by atoms with E-state index in [9.17, 15) is 8.42 Å². The Morgan fingerprint density at radius 3 is 2.42 bits per heavy atom. The van der Waals surface area contributed by atoms with Gasteiger partial charge in [0.2, 0.25) is 10.0 Å². The van der Waals surface area contributed by atoms with Gasteiger partial charge in [0.1, 0.15) is 0 Å². The van der Waals surface area contributed by atoms with Crippen molar-refractivity contribution in [3.63, 3.8) is 0 Å². The van der Waals surface area contributed by atoms with Crippen LogP contribution < -0.4 is 10.0 Å². The van der Waals surface area contributed by atoms with E-state index in [0.717, 1.165) is 25.9 Å². The SMILES string of the molecule is COCC(C)S(=O)(=O)NCC1(COC)CCNCC1. The molecule has 2 N–H and O–H groups in total. The van der Waals surface area contributed by atoms with Gasteiger partial charge in [-0.2, -0.15) is 0 Å². The van der Waals surface area contributed by atoms with Crippen LogP contribution in [0.5, 0.6) is 0 Å². The molecule has 1 fully saturated rings. The van der Waals surface area contributed by atoms with E-state index in [0.29, 0.717) is 13.2 Å². The Kier molecular flexibility index (Phi) is 6.68. The molecule has 7 heteroatoms. The predicted molar refractivity (Wildman–Crippen MR) is 74.7 cm³/mol. The molecule has 6 nitrogen and oxygen atoms in total. The molecular weight excluding hydrogens is 268 g/mol. The molecule has 0 aromatic rings. The quantitative estimate of drug-likeness (QED) is 0.657. The highest BCUT2D eigenvalue weighted by atomic mass is 32.2. The molecule has 1 heterocycles. The van der Waals surface area contributed by atoms with Crippen LogP contribution in [0.1, 0.15) is 19.8 Å². The highest BCUT2D eigenvalue weighted by Crippen LogP contribution is 2.28. The first kappa shape index (κ1) is 16.8. The van der Waals surface area contributed by atoms with Gasteiger partial charge < -0.3 is 14.8 Å². The van der Waals surface area contributed by atoms with Crippen molar-refractivity contribution in [3.05, 3.63) is 0 Å². The maximum Gasteiger partial charge on any atom is 0.216 e. The van der Waals surface area contributed by atoms with Crippen LogP contribution in [-0.2, 0) is 19.5 Å². The van der Waals surface area contributed by atoms with Crippen LogP contribution in [0.15, 0.2) is 0 Å². The molecule has 0 radical (unpaired) electrons. The van der Waals surface area contributed by atoms with Crippen LogP contribution in [0.4, 0.5) is 0 Å². The van der Waals surface area contributed by atoms with Gasteiger partial charge >= 0.3 is 0 Å². The summed E-state index contributed by atoms with van der Waals surface area (Å²) in [6.45, 7) is 4.66. The maximum atomic E-state index is 12.1. The number of nitrogens with one attached hydrogen (secondary N) is 2. The van der Waals surface area contributed by atoms with Gasteiger partial charge in [-0.25, -0.2) is 13.1 Å². The zero-order chi connectivity index (χ0) is 14.4. The molecule has 1 aliphatic heterocycles. The first-order valence-electron chi connectivity index (χ1n) is 6.63. The first-order chi connectivity index (χ1) is 8.96. The average molecular weight is 294 g/mol. The third-order valence-corrected chi connectivity index (χ3v) is 5.44. The lowest BCUT2D eigenvalue weighted by molar-refractivity contribution is 0.0576. The second kappa shape index (κ2) is 7.54. The minimum atomic E-state index is -3.33. The van der Waals surface area contributed by atoms with Gasteiger partial charge in [0.15, 0.2) is 0 Å². The van der Waals surface area contributed by atoms with Crippen molar-refractivity contribution in [3.8, 4) is 0 Å². The van der Waals surface area contributed by atoms with Crippen molar-refractivity contribution in [2.45, 2.75) is 25.0 Å². The highest BCUT2D eigenvalue weighted by molar-refractivity contribution is 7.90. The summed E-state index contributed by atoms with van der Waals surface area (Å²) >= 11 is 0. The summed E-state index contributed by atoms with van der Waals surface area (Å²) in [4.78, 5) is 0. The van der Waals surface area contributed by atoms with Crippen LogP contribution in [0.2, 0.25) is 0 Å². The maximum absolute atomic E-state index is 12.1. The molecule has 0 aromatic carbocycles. The van der Waals surface area contributed by atoms with Gasteiger partial charge in [-0.3, -0.25) is 0 Å². The molecule has 1 aliphatic rings. The predicted octanol–water partition coefficient (Wildman–Crippen LogP) is -0.0431. The van der Waals surface area contributed by atoms with Gasteiger partial charge in [-0.15, -0.1) is 0 Å². The van der Waals surface area contributed by atoms with Crippen molar-refractivity contribution in [1.82, 2.24) is 10.0 Å². The Balaban J connectivity index is 2.60. The average Bonchev–Trinajstić information content (AvgIpc) is 2.38. The lowest BCUT2D eigenvalue weighted by Crippen LogP contribution is -2.48. The van der Waals surface area contributed by atoms with E-state index in [1.807, 2.05) is 0 Å². The molecule has 1 atom stereocenters. The largest absolute Gasteiger partial charge is 0.384 e. The molecule has 0 amide bonds. The van der Waals surface area contributed by atoms with Crippen LogP contribution in [0.25, 0.3) is 0 Å². The van der Waals surface area contributed by atoms with Crippen LogP contribution in [-0.4, -0.2) is 60.7 Å². The highest BCUT2D eigenvalue weighted by Gasteiger charge is 2.34. The molecule has 0 bridgehead atoms. The fourth-order valence-corrected chi connectivity index (χ4v) is 3.46. The number of piperidine rings is 1. The Bertz CT molecular complexity index is 347. The summed E-state index contributed by atoms with van der Waals surface area (Å²) in [7, 11) is -0.165. The van der Waals surface area contributed by atoms with E-state index in [-0.39, 0.29) is 12.0 Å². The minimum absolute atomic E-state index is 0.0974. The van der Waals surface area contributed by atoms with Crippen molar-refractivity contribution in [2.24, 2.45) is 5.41 Å². The summed E-state index contributed by atoms with van der Waals surface area (Å²) in [6.07, 6.45) is 1.84. The minimum Gasteiger partial charge on any atom is -0.384 e. The van der Waals surface area contributed by atoms with E-state index in [1.165, 1.54) is 7.11 Å². The van der Waals surface area contributed by atoms with Gasteiger partial charge in [0.25, 0.3) is 0 Å². The fourth-order valence-electron chi connectivity index (χ4n) is 2.36. The van der Waals surface area contributed by atoms with E-state index in [1.54, 1.807) is 14.0 Å². The molecule has 1 saturated heterocycles. The lowest BCUT2D eigenvalue weighted by atomic mass is 9.80. The zero-order valence-corrected chi connectivity index (χ0v) is 12.9. The zero-order valence-electron chi connectivity index (χ0n) is 12.1. The molecule has 1 unspecified atom stereocenters. The summed E-state index contributed by atoms with van der Waals surface area (Å²) in [6, 6.07) is 0. The fraction of sp³-hybridized carbons (Fsp3) is 1.00. The summed E-state index contributed by atoms with van der Waals surface area (Å²) < 4.78 is 37.0. The third-order valence-electron chi connectivity index (χ3n) is 3.69. The molecule has 0 aliphatic carbocycles. The van der Waals surface area contributed by atoms with E-state index in [4.69, 9.17) is 9.47 Å². The topological polar surface area (TPSA) is 76.7 Å². The third kappa shape index (κ3) is 5.00. The lowest BCUT2D eigenvalue weighted by Gasteiger charge is -2.37. The number of sulfonamides is 1. The second-order valence-electron chi connectivity index (χ2n) is 5.32. The van der Waals surface area contributed by atoms with E-state index >= 15 is 0 Å². The van der Waals surface area contributed by atoms with Gasteiger partial charge in [-0.1, -0.05) is 0 Å². The molecule has 19 heavy (non-hydrogen) atoms. The number of rotatable bonds is 8. The Labute approximate surface area is 116 Å². The van der Waals surface area contributed by atoms with E-state index < -0.39 is 15.3 Å². The van der Waals surface area contributed by atoms with Crippen molar-refractivity contribution >= 4 is 10.0 Å². The molecule has 0 spiro atoms. The summed E-state index contributed by atoms with van der Waals surface area (Å²) in [5.41, 5.74) is -0.0974. The van der Waals surface area contributed by atoms with Gasteiger partial charge in [-0.05, 0) is 32.9 Å². The summed E-state index contributed by atoms with van der Waals surface area (Å²) in [5.74, 6) is 0. The monoisotopic (exact) mass is 294 g/mol. The van der Waals surface area contributed by atoms with Crippen LogP contribution >= 0.6 is 0 Å². The van der Waals surface area contributed by atoms with Crippen molar-refractivity contribution < 1.29 is 17.9 Å². The van der Waals surface area contributed by atoms with Gasteiger partial charge in [0.05, 0.1) is 18.5 Å². The number of hydrogen-bond donors (Lipinski definition) is 2. The summed E-state index contributed by atoms with van der Waals surface area (Å²) in [5, 5.41) is 2.74. The number of methoxy groups -OCH3 is 2. The van der Waals surface area contributed by atoms with Gasteiger partial charge in [0, 0.05) is 26.2 Å². The molecule has 114 valence electrons. The van der Waals surface area contributed by atoms with Crippen molar-refractivity contribution in [2.75, 3.05) is 47.1 Å². The van der Waals surface area contributed by atoms with E-state index in [2.05, 4.69) is 10.0 Å². The molecule has 0 aromatic heterocycles. The van der Waals surface area contributed by atoms with Crippen LogP contribution in [0.3, 0.4) is 0 Å². The molecule has 1 rings (SSSR count). The number of ether oxygens (including phenoxy) is 2. The molecular formula is C12H26N2O4S. The second-order valence-corrected chi connectivity index (χ2v) is 7.50. The van der Waals surface area contributed by atoms with Crippen LogP contribution in [0, 0.1) is 5.41 Å². The Morgan fingerprint density at radius 1 is 1.26 bits per heavy atom. The number of hydrogen-bond acceptors (Lipinski definition) is 5. The Morgan fingerprint density at radius 2 is 1.89 bits per heavy atom. The first-order valence-corrected chi connectivity index (χ1v) is 8.17. The molecule has 0 saturated carbocycles.